The van der Waals surface area contributed by atoms with Crippen molar-refractivity contribution in [3.05, 3.63) is 18.0 Å². The first-order valence-electron chi connectivity index (χ1n) is 6.37. The van der Waals surface area contributed by atoms with Crippen molar-refractivity contribution in [2.24, 2.45) is 0 Å². The third-order valence-electron chi connectivity index (χ3n) is 3.89. The van der Waals surface area contributed by atoms with E-state index in [4.69, 9.17) is 15.0 Å². The zero-order valence-electron chi connectivity index (χ0n) is 11.8. The second kappa shape index (κ2) is 4.25. The van der Waals surface area contributed by atoms with E-state index < -0.39 is 7.12 Å². The summed E-state index contributed by atoms with van der Waals surface area (Å²) < 4.78 is 11.9. The maximum absolute atomic E-state index is 6.05. The van der Waals surface area contributed by atoms with E-state index in [1.54, 1.807) is 6.20 Å². The highest BCUT2D eigenvalue weighted by molar-refractivity contribution is 6.63. The van der Waals surface area contributed by atoms with Gasteiger partial charge >= 0.3 is 7.12 Å². The minimum Gasteiger partial charge on any atom is -0.399 e. The van der Waals surface area contributed by atoms with E-state index in [0.29, 0.717) is 5.69 Å². The number of pyridine rings is 1. The van der Waals surface area contributed by atoms with Crippen LogP contribution in [0.1, 0.15) is 40.3 Å². The van der Waals surface area contributed by atoms with Crippen LogP contribution >= 0.6 is 0 Å². The number of nitrogen functional groups attached to an aromatic ring is 1. The number of aryl methyl sites for hydroxylation is 1. The van der Waals surface area contributed by atoms with E-state index in [1.807, 2.05) is 33.8 Å². The van der Waals surface area contributed by atoms with Crippen LogP contribution in [0.2, 0.25) is 0 Å². The number of rotatable bonds is 2. The maximum Gasteiger partial charge on any atom is 0.498 e. The molecule has 0 amide bonds. The minimum absolute atomic E-state index is 0.354. The summed E-state index contributed by atoms with van der Waals surface area (Å²) in [7, 11) is -0.437. The lowest BCUT2D eigenvalue weighted by atomic mass is 9.79. The average Bonchev–Trinajstić information content (AvgIpc) is 2.47. The molecule has 2 heterocycles. The Balaban J connectivity index is 2.30. The van der Waals surface area contributed by atoms with E-state index >= 15 is 0 Å². The maximum atomic E-state index is 6.05. The molecule has 1 aromatic heterocycles. The highest BCUT2D eigenvalue weighted by Crippen LogP contribution is 2.36. The molecule has 1 aromatic rings. The second-order valence-corrected chi connectivity index (χ2v) is 5.75. The first-order chi connectivity index (χ1) is 8.27. The summed E-state index contributed by atoms with van der Waals surface area (Å²) in [5, 5.41) is 0. The van der Waals surface area contributed by atoms with Gasteiger partial charge in [-0.05, 0) is 40.2 Å². The molecule has 0 radical (unpaired) electrons. The van der Waals surface area contributed by atoms with Crippen LogP contribution < -0.4 is 11.2 Å². The van der Waals surface area contributed by atoms with Gasteiger partial charge in [-0.15, -0.1) is 0 Å². The highest BCUT2D eigenvalue weighted by atomic mass is 16.7. The lowest BCUT2D eigenvalue weighted by molar-refractivity contribution is 0.00578. The Labute approximate surface area is 109 Å². The summed E-state index contributed by atoms with van der Waals surface area (Å²) in [6, 6.07) is 1.89. The van der Waals surface area contributed by atoms with Gasteiger partial charge < -0.3 is 15.0 Å². The van der Waals surface area contributed by atoms with E-state index in [-0.39, 0.29) is 11.2 Å². The van der Waals surface area contributed by atoms with Crippen molar-refractivity contribution in [2.75, 3.05) is 5.73 Å². The summed E-state index contributed by atoms with van der Waals surface area (Å²) in [5.74, 6) is 0. The van der Waals surface area contributed by atoms with Gasteiger partial charge in [-0.3, -0.25) is 4.98 Å². The standard InChI is InChI=1S/C13H21BN2O2/c1-6-9-7-11(15)10(8-16-9)14-17-12(2,3)13(4,5)18-14/h7-8H,6H2,1-5H3,(H2,15,16). The summed E-state index contributed by atoms with van der Waals surface area (Å²) >= 11 is 0. The van der Waals surface area contributed by atoms with Gasteiger partial charge in [-0.25, -0.2) is 0 Å². The van der Waals surface area contributed by atoms with Crippen LogP contribution in [0.5, 0.6) is 0 Å². The van der Waals surface area contributed by atoms with Gasteiger partial charge in [-0.2, -0.15) is 0 Å². The summed E-state index contributed by atoms with van der Waals surface area (Å²) in [5.41, 5.74) is 7.82. The van der Waals surface area contributed by atoms with E-state index in [1.165, 1.54) is 0 Å². The molecule has 2 rings (SSSR count). The molecular formula is C13H21BN2O2. The Bertz CT molecular complexity index is 444. The molecule has 5 heteroatoms. The van der Waals surface area contributed by atoms with Gasteiger partial charge in [0, 0.05) is 23.0 Å². The predicted molar refractivity (Wildman–Crippen MR) is 73.7 cm³/mol. The van der Waals surface area contributed by atoms with E-state index in [2.05, 4.69) is 11.9 Å². The fraction of sp³-hybridized carbons (Fsp3) is 0.615. The molecule has 1 aliphatic rings. The van der Waals surface area contributed by atoms with Gasteiger partial charge in [0.15, 0.2) is 0 Å². The topological polar surface area (TPSA) is 57.4 Å². The van der Waals surface area contributed by atoms with Gasteiger partial charge in [0.25, 0.3) is 0 Å². The Hall–Kier alpha value is -1.07. The van der Waals surface area contributed by atoms with Crippen LogP contribution in [0.15, 0.2) is 12.3 Å². The number of nitrogens with two attached hydrogens (primary N) is 1. The largest absolute Gasteiger partial charge is 0.498 e. The monoisotopic (exact) mass is 248 g/mol. The molecule has 1 saturated heterocycles. The van der Waals surface area contributed by atoms with Crippen LogP contribution in [0.3, 0.4) is 0 Å². The fourth-order valence-electron chi connectivity index (χ4n) is 1.89. The number of aromatic nitrogens is 1. The Morgan fingerprint density at radius 1 is 1.22 bits per heavy atom. The van der Waals surface area contributed by atoms with Crippen LogP contribution in [-0.2, 0) is 15.7 Å². The minimum atomic E-state index is -0.437. The van der Waals surface area contributed by atoms with Crippen molar-refractivity contribution in [2.45, 2.75) is 52.2 Å². The fourth-order valence-corrected chi connectivity index (χ4v) is 1.89. The Morgan fingerprint density at radius 3 is 2.22 bits per heavy atom. The van der Waals surface area contributed by atoms with Crippen molar-refractivity contribution >= 4 is 18.3 Å². The van der Waals surface area contributed by atoms with Crippen LogP contribution in [0, 0.1) is 0 Å². The number of anilines is 1. The van der Waals surface area contributed by atoms with Gasteiger partial charge in [-0.1, -0.05) is 6.92 Å². The van der Waals surface area contributed by atoms with Gasteiger partial charge in [0.05, 0.1) is 11.2 Å². The molecule has 0 unspecified atom stereocenters. The van der Waals surface area contributed by atoms with Crippen LogP contribution in [-0.4, -0.2) is 23.3 Å². The molecule has 0 saturated carbocycles. The second-order valence-electron chi connectivity index (χ2n) is 5.75. The molecule has 0 bridgehead atoms. The third kappa shape index (κ3) is 2.13. The Morgan fingerprint density at radius 2 is 1.78 bits per heavy atom. The molecule has 0 aromatic carbocycles. The lowest BCUT2D eigenvalue weighted by Gasteiger charge is -2.32. The van der Waals surface area contributed by atoms with Crippen molar-refractivity contribution in [3.8, 4) is 0 Å². The SMILES string of the molecule is CCc1cc(N)c(B2OC(C)(C)C(C)(C)O2)cn1. The molecule has 98 valence electrons. The summed E-state index contributed by atoms with van der Waals surface area (Å²) in [6.07, 6.45) is 2.63. The first kappa shape index (κ1) is 13.4. The molecule has 2 N–H and O–H groups in total. The van der Waals surface area contributed by atoms with Crippen LogP contribution in [0.25, 0.3) is 0 Å². The van der Waals surface area contributed by atoms with Crippen molar-refractivity contribution in [1.82, 2.24) is 4.98 Å². The normalized spacial score (nSPS) is 21.3. The van der Waals surface area contributed by atoms with Crippen molar-refractivity contribution in [3.63, 3.8) is 0 Å². The summed E-state index contributed by atoms with van der Waals surface area (Å²) in [4.78, 5) is 4.36. The molecule has 0 atom stereocenters. The zero-order valence-corrected chi connectivity index (χ0v) is 11.8. The van der Waals surface area contributed by atoms with Crippen molar-refractivity contribution in [1.29, 1.82) is 0 Å². The quantitative estimate of drug-likeness (QED) is 0.806. The molecule has 1 fully saturated rings. The Kier molecular flexibility index (Phi) is 3.15. The highest BCUT2D eigenvalue weighted by Gasteiger charge is 2.52. The number of nitrogens with zero attached hydrogens (tertiary/aromatic N) is 1. The van der Waals surface area contributed by atoms with Crippen molar-refractivity contribution < 1.29 is 9.31 Å². The average molecular weight is 248 g/mol. The molecule has 0 aliphatic carbocycles. The van der Waals surface area contributed by atoms with E-state index in [0.717, 1.165) is 17.6 Å². The van der Waals surface area contributed by atoms with Gasteiger partial charge in [0.1, 0.15) is 0 Å². The molecular weight excluding hydrogens is 227 g/mol. The predicted octanol–water partition coefficient (Wildman–Crippen LogP) is 1.53. The first-order valence-corrected chi connectivity index (χ1v) is 6.37. The lowest BCUT2D eigenvalue weighted by Crippen LogP contribution is -2.41. The molecule has 0 spiro atoms. The smallest absolute Gasteiger partial charge is 0.399 e. The molecule has 4 nitrogen and oxygen atoms in total. The number of hydrogen-bond acceptors (Lipinski definition) is 4. The number of hydrogen-bond donors (Lipinski definition) is 1. The van der Waals surface area contributed by atoms with Gasteiger partial charge in [0.2, 0.25) is 0 Å². The zero-order chi connectivity index (χ0) is 13.6. The van der Waals surface area contributed by atoms with E-state index in [9.17, 15) is 0 Å². The molecule has 1 aliphatic heterocycles. The van der Waals surface area contributed by atoms with Crippen LogP contribution in [0.4, 0.5) is 5.69 Å². The third-order valence-corrected chi connectivity index (χ3v) is 3.89. The summed E-state index contributed by atoms with van der Waals surface area (Å²) in [6.45, 7) is 10.2. The molecule has 18 heavy (non-hydrogen) atoms.